The molecule has 2 aromatic rings. The van der Waals surface area contributed by atoms with Crippen LogP contribution in [0.4, 0.5) is 0 Å². The molecule has 0 radical (unpaired) electrons. The van der Waals surface area contributed by atoms with Gasteiger partial charge in [-0.25, -0.2) is 0 Å². The molecule has 1 unspecified atom stereocenters. The SMILES string of the molecule is CCNCCCc1nnc(C2CSc3ccccc32)o1. The van der Waals surface area contributed by atoms with Gasteiger partial charge in [0.15, 0.2) is 0 Å². The molecule has 0 saturated carbocycles. The number of nitrogens with one attached hydrogen (secondary N) is 1. The number of thioether (sulfide) groups is 1. The van der Waals surface area contributed by atoms with Gasteiger partial charge in [-0.2, -0.15) is 0 Å². The minimum Gasteiger partial charge on any atom is -0.425 e. The molecule has 3 rings (SSSR count). The summed E-state index contributed by atoms with van der Waals surface area (Å²) in [5.41, 5.74) is 1.32. The Bertz CT molecular complexity index is 570. The van der Waals surface area contributed by atoms with E-state index < -0.39 is 0 Å². The zero-order valence-corrected chi connectivity index (χ0v) is 12.4. The molecule has 2 heterocycles. The highest BCUT2D eigenvalue weighted by Gasteiger charge is 2.28. The van der Waals surface area contributed by atoms with Crippen LogP contribution in [0.2, 0.25) is 0 Å². The fraction of sp³-hybridized carbons (Fsp3) is 0.467. The van der Waals surface area contributed by atoms with Crippen molar-refractivity contribution in [3.63, 3.8) is 0 Å². The molecule has 0 aliphatic carbocycles. The second-order valence-corrected chi connectivity index (χ2v) is 5.95. The second-order valence-electron chi connectivity index (χ2n) is 4.89. The summed E-state index contributed by atoms with van der Waals surface area (Å²) in [6, 6.07) is 8.47. The molecule has 1 aromatic carbocycles. The van der Waals surface area contributed by atoms with E-state index in [9.17, 15) is 0 Å². The Morgan fingerprint density at radius 3 is 3.15 bits per heavy atom. The van der Waals surface area contributed by atoms with E-state index in [4.69, 9.17) is 4.42 Å². The van der Waals surface area contributed by atoms with Crippen LogP contribution in [0.1, 0.15) is 36.6 Å². The van der Waals surface area contributed by atoms with Crippen molar-refractivity contribution in [3.8, 4) is 0 Å². The highest BCUT2D eigenvalue weighted by Crippen LogP contribution is 2.42. The quantitative estimate of drug-likeness (QED) is 0.829. The molecule has 106 valence electrons. The molecule has 0 spiro atoms. The molecule has 1 aliphatic rings. The first-order chi connectivity index (χ1) is 9.88. The molecular formula is C15H19N3OS. The van der Waals surface area contributed by atoms with Crippen molar-refractivity contribution in [3.05, 3.63) is 41.6 Å². The van der Waals surface area contributed by atoms with Crippen LogP contribution in [-0.4, -0.2) is 29.0 Å². The van der Waals surface area contributed by atoms with E-state index in [0.717, 1.165) is 43.5 Å². The smallest absolute Gasteiger partial charge is 0.224 e. The van der Waals surface area contributed by atoms with Gasteiger partial charge in [0.25, 0.3) is 0 Å². The number of hydrogen-bond acceptors (Lipinski definition) is 5. The third-order valence-corrected chi connectivity index (χ3v) is 4.66. The van der Waals surface area contributed by atoms with Crippen molar-refractivity contribution in [2.75, 3.05) is 18.8 Å². The molecule has 5 heteroatoms. The summed E-state index contributed by atoms with van der Waals surface area (Å²) in [7, 11) is 0. The van der Waals surface area contributed by atoms with Gasteiger partial charge in [-0.1, -0.05) is 25.1 Å². The molecule has 20 heavy (non-hydrogen) atoms. The molecule has 0 saturated heterocycles. The summed E-state index contributed by atoms with van der Waals surface area (Å²) < 4.78 is 5.84. The number of benzene rings is 1. The van der Waals surface area contributed by atoms with E-state index in [1.807, 2.05) is 11.8 Å². The maximum Gasteiger partial charge on any atom is 0.224 e. The van der Waals surface area contributed by atoms with Crippen LogP contribution in [0.15, 0.2) is 33.6 Å². The van der Waals surface area contributed by atoms with Crippen LogP contribution in [0, 0.1) is 0 Å². The largest absolute Gasteiger partial charge is 0.425 e. The average Bonchev–Trinajstić information content (AvgIpc) is 3.10. The molecule has 4 nitrogen and oxygen atoms in total. The third kappa shape index (κ3) is 2.88. The predicted molar refractivity (Wildman–Crippen MR) is 80.2 cm³/mol. The van der Waals surface area contributed by atoms with Gasteiger partial charge < -0.3 is 9.73 Å². The summed E-state index contributed by atoms with van der Waals surface area (Å²) in [4.78, 5) is 1.34. The molecule has 1 aromatic heterocycles. The van der Waals surface area contributed by atoms with Crippen molar-refractivity contribution >= 4 is 11.8 Å². The number of aryl methyl sites for hydroxylation is 1. The van der Waals surface area contributed by atoms with Gasteiger partial charge in [-0.05, 0) is 31.1 Å². The number of fused-ring (bicyclic) bond motifs is 1. The van der Waals surface area contributed by atoms with Gasteiger partial charge in [0, 0.05) is 17.1 Å². The first-order valence-electron chi connectivity index (χ1n) is 7.13. The minimum absolute atomic E-state index is 0.256. The first-order valence-corrected chi connectivity index (χ1v) is 8.11. The summed E-state index contributed by atoms with van der Waals surface area (Å²) in [6.45, 7) is 4.11. The standard InChI is InChI=1S/C15H19N3OS/c1-2-16-9-5-8-14-17-18-15(19-14)12-10-20-13-7-4-3-6-11(12)13/h3-4,6-7,12,16H,2,5,8-10H2,1H3. The van der Waals surface area contributed by atoms with Gasteiger partial charge in [0.05, 0.1) is 5.92 Å². The lowest BCUT2D eigenvalue weighted by molar-refractivity contribution is 0.434. The van der Waals surface area contributed by atoms with Crippen LogP contribution in [0.3, 0.4) is 0 Å². The number of rotatable bonds is 6. The Kier molecular flexibility index (Phi) is 4.38. The normalized spacial score (nSPS) is 17.4. The summed E-state index contributed by atoms with van der Waals surface area (Å²) in [5, 5.41) is 11.7. The lowest BCUT2D eigenvalue weighted by atomic mass is 10.0. The highest BCUT2D eigenvalue weighted by molar-refractivity contribution is 7.99. The number of aromatic nitrogens is 2. The fourth-order valence-corrected chi connectivity index (χ4v) is 3.64. The topological polar surface area (TPSA) is 51.0 Å². The molecule has 0 fully saturated rings. The van der Waals surface area contributed by atoms with Crippen LogP contribution in [0.25, 0.3) is 0 Å². The van der Waals surface area contributed by atoms with Crippen molar-refractivity contribution in [1.82, 2.24) is 15.5 Å². The third-order valence-electron chi connectivity index (χ3n) is 3.47. The monoisotopic (exact) mass is 289 g/mol. The van der Waals surface area contributed by atoms with Crippen LogP contribution >= 0.6 is 11.8 Å². The molecule has 1 atom stereocenters. The maximum absolute atomic E-state index is 5.84. The van der Waals surface area contributed by atoms with Crippen molar-refractivity contribution in [1.29, 1.82) is 0 Å². The van der Waals surface area contributed by atoms with Crippen LogP contribution in [-0.2, 0) is 6.42 Å². The predicted octanol–water partition coefficient (Wildman–Crippen LogP) is 2.85. The Morgan fingerprint density at radius 1 is 1.35 bits per heavy atom. The molecule has 0 amide bonds. The van der Waals surface area contributed by atoms with Crippen molar-refractivity contribution in [2.45, 2.75) is 30.6 Å². The second kappa shape index (κ2) is 6.41. The van der Waals surface area contributed by atoms with E-state index >= 15 is 0 Å². The van der Waals surface area contributed by atoms with E-state index in [0.29, 0.717) is 0 Å². The fourth-order valence-electron chi connectivity index (χ4n) is 2.42. The average molecular weight is 289 g/mol. The minimum atomic E-state index is 0.256. The van der Waals surface area contributed by atoms with Gasteiger partial charge in [0.1, 0.15) is 0 Å². The maximum atomic E-state index is 5.84. The zero-order chi connectivity index (χ0) is 13.8. The first kappa shape index (κ1) is 13.6. The Morgan fingerprint density at radius 2 is 2.25 bits per heavy atom. The van der Waals surface area contributed by atoms with Crippen molar-refractivity contribution in [2.24, 2.45) is 0 Å². The number of nitrogens with zero attached hydrogens (tertiary/aromatic N) is 2. The zero-order valence-electron chi connectivity index (χ0n) is 11.6. The van der Waals surface area contributed by atoms with Gasteiger partial charge in [-0.3, -0.25) is 0 Å². The number of hydrogen-bond donors (Lipinski definition) is 1. The van der Waals surface area contributed by atoms with Gasteiger partial charge >= 0.3 is 0 Å². The van der Waals surface area contributed by atoms with Gasteiger partial charge in [-0.15, -0.1) is 22.0 Å². The molecule has 0 bridgehead atoms. The van der Waals surface area contributed by atoms with E-state index in [1.165, 1.54) is 10.5 Å². The Hall–Kier alpha value is -1.33. The Balaban J connectivity index is 1.66. The van der Waals surface area contributed by atoms with Crippen molar-refractivity contribution < 1.29 is 4.42 Å². The van der Waals surface area contributed by atoms with E-state index in [1.54, 1.807) is 0 Å². The summed E-state index contributed by atoms with van der Waals surface area (Å²) in [6.07, 6.45) is 1.88. The molecule has 1 N–H and O–H groups in total. The highest BCUT2D eigenvalue weighted by atomic mass is 32.2. The Labute approximate surface area is 123 Å². The van der Waals surface area contributed by atoms with Gasteiger partial charge in [0.2, 0.25) is 11.8 Å². The summed E-state index contributed by atoms with van der Waals surface area (Å²) >= 11 is 1.87. The summed E-state index contributed by atoms with van der Waals surface area (Å²) in [5.74, 6) is 2.78. The molecule has 1 aliphatic heterocycles. The van der Waals surface area contributed by atoms with E-state index in [-0.39, 0.29) is 5.92 Å². The lowest BCUT2D eigenvalue weighted by Gasteiger charge is -2.04. The lowest BCUT2D eigenvalue weighted by Crippen LogP contribution is -2.14. The molecular weight excluding hydrogens is 270 g/mol. The van der Waals surface area contributed by atoms with Crippen LogP contribution < -0.4 is 5.32 Å². The van der Waals surface area contributed by atoms with E-state index in [2.05, 4.69) is 46.7 Å². The van der Waals surface area contributed by atoms with Crippen LogP contribution in [0.5, 0.6) is 0 Å².